The summed E-state index contributed by atoms with van der Waals surface area (Å²) >= 11 is 6.19. The van der Waals surface area contributed by atoms with Crippen LogP contribution in [0.1, 0.15) is 50.2 Å². The van der Waals surface area contributed by atoms with Crippen LogP contribution < -0.4 is 14.4 Å². The summed E-state index contributed by atoms with van der Waals surface area (Å²) < 4.78 is 34.4. The van der Waals surface area contributed by atoms with E-state index in [4.69, 9.17) is 16.3 Å². The number of hydrogen-bond acceptors (Lipinski definition) is 5. The first-order valence-electron chi connectivity index (χ1n) is 14.2. The number of methoxy groups -OCH3 is 1. The molecule has 3 aromatic carbocycles. The van der Waals surface area contributed by atoms with Crippen molar-refractivity contribution in [3.8, 4) is 5.75 Å². The van der Waals surface area contributed by atoms with E-state index in [0.717, 1.165) is 35.6 Å². The van der Waals surface area contributed by atoms with Gasteiger partial charge in [0.1, 0.15) is 18.3 Å². The number of rotatable bonds is 12. The first-order valence-corrected chi connectivity index (χ1v) is 16.0. The van der Waals surface area contributed by atoms with Crippen LogP contribution in [0, 0.1) is 6.92 Å². The van der Waals surface area contributed by atoms with E-state index >= 15 is 0 Å². The fourth-order valence-corrected chi connectivity index (χ4v) is 7.07. The molecule has 1 unspecified atom stereocenters. The van der Waals surface area contributed by atoms with Gasteiger partial charge in [-0.3, -0.25) is 13.9 Å². The maximum atomic E-state index is 14.2. The molecule has 1 aliphatic carbocycles. The Labute approximate surface area is 253 Å². The third kappa shape index (κ3) is 7.44. The van der Waals surface area contributed by atoms with Gasteiger partial charge in [0.15, 0.2) is 0 Å². The maximum Gasteiger partial charge on any atom is 0.264 e. The van der Waals surface area contributed by atoms with E-state index in [9.17, 15) is 18.0 Å². The zero-order valence-corrected chi connectivity index (χ0v) is 25.8. The summed E-state index contributed by atoms with van der Waals surface area (Å²) in [6.07, 6.45) is 4.30. The molecular formula is C32H38ClN3O5S. The number of nitrogens with one attached hydrogen (secondary N) is 1. The number of anilines is 1. The Kier molecular flexibility index (Phi) is 10.5. The summed E-state index contributed by atoms with van der Waals surface area (Å²) in [6.45, 7) is 3.23. The van der Waals surface area contributed by atoms with Gasteiger partial charge in [-0.25, -0.2) is 8.42 Å². The van der Waals surface area contributed by atoms with Crippen molar-refractivity contribution < 1.29 is 22.7 Å². The second-order valence-corrected chi connectivity index (χ2v) is 12.8. The lowest BCUT2D eigenvalue weighted by Gasteiger charge is -2.34. The van der Waals surface area contributed by atoms with Crippen LogP contribution in [0.3, 0.4) is 0 Å². The molecule has 1 fully saturated rings. The number of carbonyl (C=O) groups excluding carboxylic acids is 2. The van der Waals surface area contributed by atoms with Crippen molar-refractivity contribution in [2.45, 2.75) is 69.5 Å². The summed E-state index contributed by atoms with van der Waals surface area (Å²) in [5.41, 5.74) is 1.73. The second kappa shape index (κ2) is 14.1. The summed E-state index contributed by atoms with van der Waals surface area (Å²) in [5.74, 6) is -0.0551. The highest BCUT2D eigenvalue weighted by Gasteiger charge is 2.35. The van der Waals surface area contributed by atoms with Crippen LogP contribution in [0.4, 0.5) is 5.69 Å². The highest BCUT2D eigenvalue weighted by atomic mass is 35.5. The quantitative estimate of drug-likeness (QED) is 0.283. The first-order chi connectivity index (χ1) is 20.1. The highest BCUT2D eigenvalue weighted by Crippen LogP contribution is 2.30. The molecule has 1 N–H and O–H groups in total. The number of ether oxygens (including phenoxy) is 1. The van der Waals surface area contributed by atoms with Gasteiger partial charge < -0.3 is 15.0 Å². The van der Waals surface area contributed by atoms with Crippen molar-refractivity contribution in [1.29, 1.82) is 0 Å². The molecule has 2 amide bonds. The molecule has 224 valence electrons. The Morgan fingerprint density at radius 1 is 1.02 bits per heavy atom. The lowest BCUT2D eigenvalue weighted by atomic mass is 10.1. The predicted molar refractivity (Wildman–Crippen MR) is 165 cm³/mol. The maximum absolute atomic E-state index is 14.2. The van der Waals surface area contributed by atoms with Crippen molar-refractivity contribution in [2.24, 2.45) is 0 Å². The van der Waals surface area contributed by atoms with E-state index in [1.54, 1.807) is 62.6 Å². The average Bonchev–Trinajstić information content (AvgIpc) is 3.50. The third-order valence-electron chi connectivity index (χ3n) is 7.64. The topological polar surface area (TPSA) is 96.0 Å². The van der Waals surface area contributed by atoms with E-state index in [1.807, 2.05) is 19.1 Å². The van der Waals surface area contributed by atoms with Gasteiger partial charge in [-0.1, -0.05) is 61.7 Å². The summed E-state index contributed by atoms with van der Waals surface area (Å²) in [7, 11) is -2.57. The molecule has 1 atom stereocenters. The fraction of sp³-hybridized carbons (Fsp3) is 0.375. The standard InChI is InChI=1S/C32H38ClN3O5S/c1-4-29(32(38)34-26-10-8-9-11-26)35(21-24-14-17-27(41-3)18-15-24)31(37)22-36(30-19-16-25(33)20-23(30)2)42(39,40)28-12-6-5-7-13-28/h5-7,12-20,26,29H,4,8-11,21-22H2,1-3H3,(H,34,38). The van der Waals surface area contributed by atoms with Crippen molar-refractivity contribution in [3.05, 3.63) is 88.9 Å². The van der Waals surface area contributed by atoms with Gasteiger partial charge in [0.25, 0.3) is 10.0 Å². The lowest BCUT2D eigenvalue weighted by molar-refractivity contribution is -0.140. The highest BCUT2D eigenvalue weighted by molar-refractivity contribution is 7.92. The molecule has 8 nitrogen and oxygen atoms in total. The number of sulfonamides is 1. The van der Waals surface area contributed by atoms with Crippen molar-refractivity contribution in [3.63, 3.8) is 0 Å². The van der Waals surface area contributed by atoms with Gasteiger partial charge in [0.2, 0.25) is 11.8 Å². The Morgan fingerprint density at radius 2 is 1.69 bits per heavy atom. The molecule has 3 aromatic rings. The normalized spacial score (nSPS) is 14.3. The minimum absolute atomic E-state index is 0.0554. The van der Waals surface area contributed by atoms with Gasteiger partial charge >= 0.3 is 0 Å². The van der Waals surface area contributed by atoms with Crippen LogP contribution in [0.2, 0.25) is 5.02 Å². The predicted octanol–water partition coefficient (Wildman–Crippen LogP) is 5.72. The van der Waals surface area contributed by atoms with Crippen LogP contribution in [0.25, 0.3) is 0 Å². The van der Waals surface area contributed by atoms with Crippen LogP contribution in [0.5, 0.6) is 5.75 Å². The smallest absolute Gasteiger partial charge is 0.264 e. The van der Waals surface area contributed by atoms with Gasteiger partial charge in [-0.05, 0) is 79.8 Å². The molecule has 0 spiro atoms. The number of nitrogens with zero attached hydrogens (tertiary/aromatic N) is 2. The molecule has 10 heteroatoms. The van der Waals surface area contributed by atoms with E-state index < -0.39 is 28.5 Å². The van der Waals surface area contributed by atoms with Crippen LogP contribution in [-0.4, -0.2) is 50.9 Å². The van der Waals surface area contributed by atoms with Crippen molar-refractivity contribution in [1.82, 2.24) is 10.2 Å². The lowest BCUT2D eigenvalue weighted by Crippen LogP contribution is -2.53. The molecule has 1 aliphatic rings. The van der Waals surface area contributed by atoms with E-state index in [0.29, 0.717) is 28.4 Å². The van der Waals surface area contributed by atoms with E-state index in [1.165, 1.54) is 17.0 Å². The molecule has 0 bridgehead atoms. The number of amides is 2. The number of benzene rings is 3. The fourth-order valence-electron chi connectivity index (χ4n) is 5.35. The first kappa shape index (κ1) is 31.4. The molecule has 0 radical (unpaired) electrons. The van der Waals surface area contributed by atoms with Gasteiger partial charge in [-0.15, -0.1) is 0 Å². The van der Waals surface area contributed by atoms with Crippen LogP contribution >= 0.6 is 11.6 Å². The zero-order valence-electron chi connectivity index (χ0n) is 24.3. The number of aryl methyl sites for hydroxylation is 1. The van der Waals surface area contributed by atoms with Crippen molar-refractivity contribution >= 4 is 39.1 Å². The molecule has 1 saturated carbocycles. The second-order valence-electron chi connectivity index (χ2n) is 10.5. The number of hydrogen-bond donors (Lipinski definition) is 1. The van der Waals surface area contributed by atoms with Gasteiger partial charge in [-0.2, -0.15) is 0 Å². The molecule has 4 rings (SSSR count). The Balaban J connectivity index is 1.72. The average molecular weight is 612 g/mol. The molecule has 0 heterocycles. The molecular weight excluding hydrogens is 574 g/mol. The third-order valence-corrected chi connectivity index (χ3v) is 9.65. The summed E-state index contributed by atoms with van der Waals surface area (Å²) in [4.78, 5) is 29.3. The van der Waals surface area contributed by atoms with E-state index in [2.05, 4.69) is 5.32 Å². The summed E-state index contributed by atoms with van der Waals surface area (Å²) in [5, 5.41) is 3.58. The Hall–Kier alpha value is -3.56. The van der Waals surface area contributed by atoms with Crippen LogP contribution in [-0.2, 0) is 26.2 Å². The summed E-state index contributed by atoms with van der Waals surface area (Å²) in [6, 6.07) is 19.4. The van der Waals surface area contributed by atoms with Crippen molar-refractivity contribution in [2.75, 3.05) is 18.0 Å². The van der Waals surface area contributed by atoms with E-state index in [-0.39, 0.29) is 23.4 Å². The SMILES string of the molecule is CCC(C(=O)NC1CCCC1)N(Cc1ccc(OC)cc1)C(=O)CN(c1ccc(Cl)cc1C)S(=O)(=O)c1ccccc1. The number of halogens is 1. The molecule has 0 saturated heterocycles. The minimum Gasteiger partial charge on any atom is -0.497 e. The molecule has 0 aromatic heterocycles. The largest absolute Gasteiger partial charge is 0.497 e. The Morgan fingerprint density at radius 3 is 2.29 bits per heavy atom. The van der Waals surface area contributed by atoms with Gasteiger partial charge in [0.05, 0.1) is 17.7 Å². The zero-order chi connectivity index (χ0) is 30.3. The number of carbonyl (C=O) groups is 2. The monoisotopic (exact) mass is 611 g/mol. The Bertz CT molecular complexity index is 1480. The van der Waals surface area contributed by atoms with Crippen LogP contribution in [0.15, 0.2) is 77.7 Å². The molecule has 42 heavy (non-hydrogen) atoms. The molecule has 0 aliphatic heterocycles. The van der Waals surface area contributed by atoms with Gasteiger partial charge in [0, 0.05) is 17.6 Å². The minimum atomic E-state index is -4.15.